The molecule has 9 heteroatoms. The van der Waals surface area contributed by atoms with Gasteiger partial charge in [-0.1, -0.05) is 12.1 Å². The van der Waals surface area contributed by atoms with Crippen molar-refractivity contribution in [3.05, 3.63) is 52.7 Å². The van der Waals surface area contributed by atoms with Crippen LogP contribution in [0.4, 0.5) is 5.82 Å². The van der Waals surface area contributed by atoms with Crippen molar-refractivity contribution in [3.8, 4) is 0 Å². The fourth-order valence-corrected chi connectivity index (χ4v) is 4.49. The smallest absolute Gasteiger partial charge is 0.255 e. The molecule has 0 saturated carbocycles. The van der Waals surface area contributed by atoms with Crippen LogP contribution in [0.25, 0.3) is 0 Å². The van der Waals surface area contributed by atoms with Gasteiger partial charge in [0.05, 0.1) is 11.7 Å². The highest BCUT2D eigenvalue weighted by Gasteiger charge is 2.39. The lowest BCUT2D eigenvalue weighted by Crippen LogP contribution is -2.52. The molecule has 2 atom stereocenters. The van der Waals surface area contributed by atoms with E-state index in [1.54, 1.807) is 11.0 Å². The summed E-state index contributed by atoms with van der Waals surface area (Å²) in [6.45, 7) is 1.95. The Morgan fingerprint density at radius 2 is 2.00 bits per heavy atom. The lowest BCUT2D eigenvalue weighted by molar-refractivity contribution is -0.136. The third kappa shape index (κ3) is 3.88. The van der Waals surface area contributed by atoms with Crippen molar-refractivity contribution in [1.82, 2.24) is 25.7 Å². The molecular weight excluding hydrogens is 396 g/mol. The first-order valence-electron chi connectivity index (χ1n) is 10.7. The van der Waals surface area contributed by atoms with Gasteiger partial charge in [0.1, 0.15) is 11.9 Å². The van der Waals surface area contributed by atoms with Gasteiger partial charge >= 0.3 is 0 Å². The quantitative estimate of drug-likeness (QED) is 0.624. The average Bonchev–Trinajstić information content (AvgIpc) is 3.41. The summed E-state index contributed by atoms with van der Waals surface area (Å²) in [6, 6.07) is 9.33. The molecule has 3 N–H and O–H groups in total. The minimum Gasteiger partial charge on any atom is -0.365 e. The third-order valence-electron chi connectivity index (χ3n) is 6.16. The predicted octanol–water partition coefficient (Wildman–Crippen LogP) is 1.27. The first kappa shape index (κ1) is 19.6. The number of imide groups is 1. The van der Waals surface area contributed by atoms with E-state index >= 15 is 0 Å². The van der Waals surface area contributed by atoms with Gasteiger partial charge in [0.2, 0.25) is 11.8 Å². The second-order valence-electron chi connectivity index (χ2n) is 8.24. The number of amides is 3. The maximum Gasteiger partial charge on any atom is 0.255 e. The Balaban J connectivity index is 1.23. The van der Waals surface area contributed by atoms with Crippen LogP contribution >= 0.6 is 0 Å². The first-order valence-corrected chi connectivity index (χ1v) is 10.7. The third-order valence-corrected chi connectivity index (χ3v) is 6.16. The number of carbonyl (C=O) groups excluding carboxylic acids is 3. The Morgan fingerprint density at radius 3 is 2.74 bits per heavy atom. The van der Waals surface area contributed by atoms with Crippen molar-refractivity contribution in [2.24, 2.45) is 0 Å². The molecule has 1 aromatic carbocycles. The number of hydrogen-bond donors (Lipinski definition) is 3. The lowest BCUT2D eigenvalue weighted by atomic mass is 10.0. The average molecular weight is 420 g/mol. The molecule has 9 nitrogen and oxygen atoms in total. The van der Waals surface area contributed by atoms with Gasteiger partial charge in [0.15, 0.2) is 0 Å². The van der Waals surface area contributed by atoms with Crippen LogP contribution in [0.5, 0.6) is 0 Å². The number of carbonyl (C=O) groups is 3. The molecule has 3 aliphatic heterocycles. The molecule has 2 fully saturated rings. The minimum atomic E-state index is -0.595. The van der Waals surface area contributed by atoms with Crippen LogP contribution in [0.1, 0.15) is 58.9 Å². The highest BCUT2D eigenvalue weighted by Crippen LogP contribution is 2.28. The molecule has 2 aromatic rings. The predicted molar refractivity (Wildman–Crippen MR) is 112 cm³/mol. The normalized spacial score (nSPS) is 23.1. The minimum absolute atomic E-state index is 0.161. The van der Waals surface area contributed by atoms with Gasteiger partial charge in [-0.15, -0.1) is 5.10 Å². The lowest BCUT2D eigenvalue weighted by Gasteiger charge is -2.29. The van der Waals surface area contributed by atoms with E-state index in [0.29, 0.717) is 36.9 Å². The van der Waals surface area contributed by atoms with E-state index in [0.717, 1.165) is 36.2 Å². The van der Waals surface area contributed by atoms with E-state index in [2.05, 4.69) is 26.1 Å². The largest absolute Gasteiger partial charge is 0.365 e. The summed E-state index contributed by atoms with van der Waals surface area (Å²) in [7, 11) is 0. The summed E-state index contributed by atoms with van der Waals surface area (Å²) in [5.41, 5.74) is 3.48. The van der Waals surface area contributed by atoms with Gasteiger partial charge in [-0.25, -0.2) is 0 Å². The maximum absolute atomic E-state index is 12.8. The second-order valence-corrected chi connectivity index (χ2v) is 8.24. The van der Waals surface area contributed by atoms with Crippen LogP contribution in [-0.2, 0) is 22.7 Å². The Kier molecular flexibility index (Phi) is 5.11. The number of hydrogen-bond acceptors (Lipinski definition) is 7. The van der Waals surface area contributed by atoms with E-state index in [1.807, 2.05) is 24.3 Å². The number of nitrogens with one attached hydrogen (secondary N) is 3. The first-order chi connectivity index (χ1) is 15.1. The van der Waals surface area contributed by atoms with Gasteiger partial charge in [0.25, 0.3) is 5.91 Å². The molecule has 3 amide bonds. The van der Waals surface area contributed by atoms with Crippen molar-refractivity contribution < 1.29 is 14.4 Å². The van der Waals surface area contributed by atoms with E-state index in [4.69, 9.17) is 0 Å². The molecule has 5 rings (SSSR count). The number of rotatable bonds is 5. The van der Waals surface area contributed by atoms with Crippen molar-refractivity contribution in [3.63, 3.8) is 0 Å². The number of fused-ring (bicyclic) bond motifs is 1. The summed E-state index contributed by atoms with van der Waals surface area (Å²) in [6.07, 6.45) is 2.87. The molecule has 31 heavy (non-hydrogen) atoms. The fraction of sp³-hybridized carbons (Fsp3) is 0.409. The zero-order valence-corrected chi connectivity index (χ0v) is 17.1. The molecule has 0 spiro atoms. The van der Waals surface area contributed by atoms with Gasteiger partial charge in [-0.3, -0.25) is 19.7 Å². The SMILES string of the molecule is O=C1CCC(N2Cc3cc(CNc4ccc(C5CCCN5)nn4)ccc3C2=O)C(=O)N1. The number of nitrogens with zero attached hydrogens (tertiary/aromatic N) is 3. The summed E-state index contributed by atoms with van der Waals surface area (Å²) >= 11 is 0. The number of aromatic nitrogens is 2. The number of anilines is 1. The maximum atomic E-state index is 12.8. The second kappa shape index (κ2) is 8.07. The highest BCUT2D eigenvalue weighted by atomic mass is 16.2. The summed E-state index contributed by atoms with van der Waals surface area (Å²) in [5, 5.41) is 17.6. The Labute approximate surface area is 179 Å². The van der Waals surface area contributed by atoms with Gasteiger partial charge in [0, 0.05) is 25.1 Å². The summed E-state index contributed by atoms with van der Waals surface area (Å²) < 4.78 is 0. The Bertz CT molecular complexity index is 1030. The standard InChI is InChI=1S/C22H24N6O3/c29-20-8-6-18(21(30)25-20)28-12-14-10-13(3-4-15(14)22(28)31)11-24-19-7-5-17(26-27-19)16-2-1-9-23-16/h3-5,7,10,16,18,23H,1-2,6,8-9,11-12H2,(H,24,27)(H,25,29,30). The highest BCUT2D eigenvalue weighted by molar-refractivity contribution is 6.05. The molecule has 4 heterocycles. The van der Waals surface area contributed by atoms with E-state index in [1.165, 1.54) is 0 Å². The zero-order chi connectivity index (χ0) is 21.4. The fourth-order valence-electron chi connectivity index (χ4n) is 4.49. The van der Waals surface area contributed by atoms with Crippen LogP contribution in [-0.4, -0.2) is 45.4 Å². The van der Waals surface area contributed by atoms with Gasteiger partial charge in [-0.05, 0) is 55.1 Å². The number of benzene rings is 1. The van der Waals surface area contributed by atoms with Gasteiger partial charge < -0.3 is 15.5 Å². The number of piperidine rings is 1. The van der Waals surface area contributed by atoms with Crippen LogP contribution in [0.15, 0.2) is 30.3 Å². The van der Waals surface area contributed by atoms with Crippen LogP contribution in [0, 0.1) is 0 Å². The van der Waals surface area contributed by atoms with Crippen molar-refractivity contribution in [1.29, 1.82) is 0 Å². The molecule has 0 radical (unpaired) electrons. The summed E-state index contributed by atoms with van der Waals surface area (Å²) in [4.78, 5) is 37.9. The zero-order valence-electron chi connectivity index (χ0n) is 17.1. The Hall–Kier alpha value is -3.33. The molecule has 2 unspecified atom stereocenters. The molecule has 0 aliphatic carbocycles. The molecule has 160 valence electrons. The van der Waals surface area contributed by atoms with E-state index in [-0.39, 0.29) is 18.2 Å². The van der Waals surface area contributed by atoms with Crippen molar-refractivity contribution >= 4 is 23.5 Å². The molecule has 3 aliphatic rings. The topological polar surface area (TPSA) is 116 Å². The molecule has 2 saturated heterocycles. The van der Waals surface area contributed by atoms with Gasteiger partial charge in [-0.2, -0.15) is 5.10 Å². The molecule has 1 aromatic heterocycles. The monoisotopic (exact) mass is 420 g/mol. The van der Waals surface area contributed by atoms with E-state index < -0.39 is 11.9 Å². The van der Waals surface area contributed by atoms with E-state index in [9.17, 15) is 14.4 Å². The molecular formula is C22H24N6O3. The Morgan fingerprint density at radius 1 is 1.10 bits per heavy atom. The summed E-state index contributed by atoms with van der Waals surface area (Å²) in [5.74, 6) is -0.141. The van der Waals surface area contributed by atoms with Crippen LogP contribution < -0.4 is 16.0 Å². The molecule has 0 bridgehead atoms. The van der Waals surface area contributed by atoms with Crippen molar-refractivity contribution in [2.45, 2.75) is 50.9 Å². The van der Waals surface area contributed by atoms with Crippen LogP contribution in [0.2, 0.25) is 0 Å². The van der Waals surface area contributed by atoms with Crippen LogP contribution in [0.3, 0.4) is 0 Å². The van der Waals surface area contributed by atoms with Crippen molar-refractivity contribution in [2.75, 3.05) is 11.9 Å².